The van der Waals surface area contributed by atoms with Crippen LogP contribution in [0.4, 0.5) is 0 Å². The van der Waals surface area contributed by atoms with Crippen LogP contribution in [-0.2, 0) is 4.79 Å². The van der Waals surface area contributed by atoms with Gasteiger partial charge in [0.2, 0.25) is 5.91 Å². The minimum Gasteiger partial charge on any atom is -0.366 e. The third-order valence-electron chi connectivity index (χ3n) is 3.64. The van der Waals surface area contributed by atoms with Crippen molar-refractivity contribution in [1.82, 2.24) is 4.57 Å². The molecule has 92 valence electrons. The highest BCUT2D eigenvalue weighted by Gasteiger charge is 2.20. The molecule has 3 heteroatoms. The largest absolute Gasteiger partial charge is 0.366 e. The molecule has 0 atom stereocenters. The Bertz CT molecular complexity index is 451. The van der Waals surface area contributed by atoms with E-state index in [-0.39, 0.29) is 0 Å². The Morgan fingerprint density at radius 2 is 2.06 bits per heavy atom. The van der Waals surface area contributed by atoms with Crippen molar-refractivity contribution in [3.63, 3.8) is 0 Å². The number of carbonyl (C=O) groups is 1. The fraction of sp³-hybridized carbons (Fsp3) is 0.500. The van der Waals surface area contributed by atoms with Gasteiger partial charge < -0.3 is 10.3 Å². The number of aryl methyl sites for hydroxylation is 1. The van der Waals surface area contributed by atoms with Crippen LogP contribution < -0.4 is 5.73 Å². The number of aromatic nitrogens is 1. The standard InChI is InChI=1S/C14H20N2O/c1-10-9-12(7-8-14(15)17)11(2)16(10)13-5-3-4-6-13/h7-9,13H,3-6H2,1-2H3,(H2,15,17)/b8-7+. The molecule has 1 heterocycles. The van der Waals surface area contributed by atoms with Crippen LogP contribution in [0.25, 0.3) is 6.08 Å². The van der Waals surface area contributed by atoms with Crippen LogP contribution in [0.2, 0.25) is 0 Å². The molecule has 1 saturated carbocycles. The lowest BCUT2D eigenvalue weighted by Crippen LogP contribution is -2.08. The van der Waals surface area contributed by atoms with E-state index in [9.17, 15) is 4.79 Å². The second-order valence-corrected chi connectivity index (χ2v) is 4.87. The summed E-state index contributed by atoms with van der Waals surface area (Å²) in [5, 5.41) is 0. The van der Waals surface area contributed by atoms with Gasteiger partial charge in [-0.15, -0.1) is 0 Å². The molecular formula is C14H20N2O. The average molecular weight is 232 g/mol. The molecule has 1 aromatic rings. The lowest BCUT2D eigenvalue weighted by atomic mass is 10.2. The molecule has 0 radical (unpaired) electrons. The van der Waals surface area contributed by atoms with Gasteiger partial charge in [-0.05, 0) is 44.4 Å². The fourth-order valence-electron chi connectivity index (χ4n) is 2.87. The molecule has 0 aromatic carbocycles. The maximum absolute atomic E-state index is 10.8. The lowest BCUT2D eigenvalue weighted by Gasteiger charge is -2.17. The van der Waals surface area contributed by atoms with E-state index in [4.69, 9.17) is 5.73 Å². The zero-order chi connectivity index (χ0) is 12.4. The Kier molecular flexibility index (Phi) is 3.36. The summed E-state index contributed by atoms with van der Waals surface area (Å²) in [6.45, 7) is 4.25. The molecular weight excluding hydrogens is 212 g/mol. The second kappa shape index (κ2) is 4.78. The van der Waals surface area contributed by atoms with E-state index >= 15 is 0 Å². The monoisotopic (exact) mass is 232 g/mol. The highest BCUT2D eigenvalue weighted by Crippen LogP contribution is 2.33. The number of hydrogen-bond acceptors (Lipinski definition) is 1. The summed E-state index contributed by atoms with van der Waals surface area (Å²) >= 11 is 0. The van der Waals surface area contributed by atoms with Gasteiger partial charge in [0, 0.05) is 23.5 Å². The fourth-order valence-corrected chi connectivity index (χ4v) is 2.87. The third-order valence-corrected chi connectivity index (χ3v) is 3.64. The number of nitrogens with zero attached hydrogens (tertiary/aromatic N) is 1. The van der Waals surface area contributed by atoms with Crippen LogP contribution in [0.3, 0.4) is 0 Å². The molecule has 0 bridgehead atoms. The number of carbonyl (C=O) groups excluding carboxylic acids is 1. The molecule has 1 aliphatic carbocycles. The first-order valence-corrected chi connectivity index (χ1v) is 6.25. The van der Waals surface area contributed by atoms with Crippen molar-refractivity contribution in [3.05, 3.63) is 29.1 Å². The summed E-state index contributed by atoms with van der Waals surface area (Å²) in [7, 11) is 0. The minimum atomic E-state index is -0.393. The summed E-state index contributed by atoms with van der Waals surface area (Å²) in [6.07, 6.45) is 8.45. The highest BCUT2D eigenvalue weighted by molar-refractivity contribution is 5.90. The quantitative estimate of drug-likeness (QED) is 0.800. The van der Waals surface area contributed by atoms with Gasteiger partial charge in [0.05, 0.1) is 0 Å². The molecule has 1 aliphatic rings. The molecule has 1 aromatic heterocycles. The van der Waals surface area contributed by atoms with Gasteiger partial charge in [0.15, 0.2) is 0 Å². The average Bonchev–Trinajstić information content (AvgIpc) is 2.84. The van der Waals surface area contributed by atoms with Crippen molar-refractivity contribution in [2.24, 2.45) is 5.73 Å². The van der Waals surface area contributed by atoms with Gasteiger partial charge in [-0.1, -0.05) is 12.8 Å². The topological polar surface area (TPSA) is 48.0 Å². The summed E-state index contributed by atoms with van der Waals surface area (Å²) < 4.78 is 2.41. The van der Waals surface area contributed by atoms with Crippen LogP contribution in [0, 0.1) is 13.8 Å². The Hall–Kier alpha value is -1.51. The highest BCUT2D eigenvalue weighted by atomic mass is 16.1. The molecule has 17 heavy (non-hydrogen) atoms. The van der Waals surface area contributed by atoms with Gasteiger partial charge in [0.1, 0.15) is 0 Å². The zero-order valence-corrected chi connectivity index (χ0v) is 10.6. The second-order valence-electron chi connectivity index (χ2n) is 4.87. The first-order chi connectivity index (χ1) is 8.09. The SMILES string of the molecule is Cc1cc(/C=C/C(N)=O)c(C)n1C1CCCC1. The van der Waals surface area contributed by atoms with Gasteiger partial charge in [-0.2, -0.15) is 0 Å². The predicted octanol–water partition coefficient (Wildman–Crippen LogP) is 2.72. The number of primary amides is 1. The summed E-state index contributed by atoms with van der Waals surface area (Å²) in [5.41, 5.74) is 8.75. The van der Waals surface area contributed by atoms with Gasteiger partial charge in [0.25, 0.3) is 0 Å². The Labute approximate surface area is 102 Å². The maximum atomic E-state index is 10.8. The van der Waals surface area contributed by atoms with Crippen molar-refractivity contribution in [1.29, 1.82) is 0 Å². The summed E-state index contributed by atoms with van der Waals surface area (Å²) in [4.78, 5) is 10.8. The van der Waals surface area contributed by atoms with Gasteiger partial charge >= 0.3 is 0 Å². The molecule has 2 rings (SSSR count). The van der Waals surface area contributed by atoms with Crippen molar-refractivity contribution >= 4 is 12.0 Å². The number of hydrogen-bond donors (Lipinski definition) is 1. The predicted molar refractivity (Wildman–Crippen MR) is 69.6 cm³/mol. The lowest BCUT2D eigenvalue weighted by molar-refractivity contribution is -0.113. The number of nitrogens with two attached hydrogens (primary N) is 1. The van der Waals surface area contributed by atoms with Gasteiger partial charge in [-0.3, -0.25) is 4.79 Å². The van der Waals surface area contributed by atoms with E-state index in [0.717, 1.165) is 5.56 Å². The molecule has 0 unspecified atom stereocenters. The first-order valence-electron chi connectivity index (χ1n) is 6.25. The summed E-state index contributed by atoms with van der Waals surface area (Å²) in [6, 6.07) is 2.78. The first kappa shape index (κ1) is 12.0. The van der Waals surface area contributed by atoms with Gasteiger partial charge in [-0.25, -0.2) is 0 Å². The van der Waals surface area contributed by atoms with E-state index in [1.165, 1.54) is 43.1 Å². The Morgan fingerprint density at radius 3 is 2.65 bits per heavy atom. The maximum Gasteiger partial charge on any atom is 0.241 e. The van der Waals surface area contributed by atoms with Crippen molar-refractivity contribution in [3.8, 4) is 0 Å². The van der Waals surface area contributed by atoms with Crippen molar-refractivity contribution in [2.45, 2.75) is 45.6 Å². The van der Waals surface area contributed by atoms with Crippen LogP contribution in [0.5, 0.6) is 0 Å². The molecule has 0 spiro atoms. The van der Waals surface area contributed by atoms with Crippen LogP contribution >= 0.6 is 0 Å². The van der Waals surface area contributed by atoms with E-state index in [0.29, 0.717) is 6.04 Å². The van der Waals surface area contributed by atoms with Crippen molar-refractivity contribution < 1.29 is 4.79 Å². The van der Waals surface area contributed by atoms with E-state index in [2.05, 4.69) is 24.5 Å². The number of amides is 1. The van der Waals surface area contributed by atoms with Crippen molar-refractivity contribution in [2.75, 3.05) is 0 Å². The molecule has 3 nitrogen and oxygen atoms in total. The third kappa shape index (κ3) is 2.43. The Balaban J connectivity index is 2.31. The van der Waals surface area contributed by atoms with Crippen LogP contribution in [0.15, 0.2) is 12.1 Å². The normalized spacial score (nSPS) is 17.1. The molecule has 0 aliphatic heterocycles. The van der Waals surface area contributed by atoms with E-state index < -0.39 is 5.91 Å². The molecule has 1 amide bonds. The smallest absolute Gasteiger partial charge is 0.241 e. The Morgan fingerprint density at radius 1 is 1.41 bits per heavy atom. The molecule has 1 fully saturated rings. The summed E-state index contributed by atoms with van der Waals surface area (Å²) in [5.74, 6) is -0.393. The molecule has 2 N–H and O–H groups in total. The van der Waals surface area contributed by atoms with E-state index in [1.807, 2.05) is 6.08 Å². The molecule has 0 saturated heterocycles. The minimum absolute atomic E-state index is 0.393. The van der Waals surface area contributed by atoms with Crippen LogP contribution in [-0.4, -0.2) is 10.5 Å². The zero-order valence-electron chi connectivity index (χ0n) is 10.6. The van der Waals surface area contributed by atoms with E-state index in [1.54, 1.807) is 0 Å². The number of rotatable bonds is 3. The van der Waals surface area contributed by atoms with Crippen LogP contribution in [0.1, 0.15) is 48.7 Å².